The van der Waals surface area contributed by atoms with Crippen LogP contribution in [0.2, 0.25) is 0 Å². The molecule has 2 heterocycles. The number of imidazole rings is 1. The number of nitrogens with zero attached hydrogens (tertiary/aromatic N) is 3. The number of benzene rings is 1. The molecule has 3 aromatic rings. The van der Waals surface area contributed by atoms with Crippen LogP contribution in [0, 0.1) is 0 Å². The van der Waals surface area contributed by atoms with Gasteiger partial charge in [-0.25, -0.2) is 4.98 Å². The molecular weight excluding hydrogens is 321 g/mol. The molecule has 3 rings (SSSR count). The van der Waals surface area contributed by atoms with Gasteiger partial charge in [0.2, 0.25) is 0 Å². The summed E-state index contributed by atoms with van der Waals surface area (Å²) in [5, 5.41) is 2.73. The number of halogens is 3. The maximum absolute atomic E-state index is 13.1. The van der Waals surface area contributed by atoms with Crippen molar-refractivity contribution in [2.45, 2.75) is 12.7 Å². The number of carbonyl (C=O) groups is 1. The summed E-state index contributed by atoms with van der Waals surface area (Å²) in [4.78, 5) is 20.3. The molecule has 0 atom stereocenters. The third-order valence-corrected chi connectivity index (χ3v) is 3.65. The zero-order valence-electron chi connectivity index (χ0n) is 12.6. The summed E-state index contributed by atoms with van der Waals surface area (Å²) < 4.78 is 41.0. The van der Waals surface area contributed by atoms with E-state index in [0.717, 1.165) is 6.07 Å². The van der Waals surface area contributed by atoms with Crippen molar-refractivity contribution < 1.29 is 18.0 Å². The second-order valence-electron chi connectivity index (χ2n) is 5.20. The first-order chi connectivity index (χ1) is 11.4. The number of aromatic nitrogens is 3. The van der Waals surface area contributed by atoms with Gasteiger partial charge in [0, 0.05) is 31.0 Å². The number of rotatable bonds is 3. The van der Waals surface area contributed by atoms with E-state index in [-0.39, 0.29) is 23.0 Å². The van der Waals surface area contributed by atoms with E-state index in [1.54, 1.807) is 24.0 Å². The number of hydrogen-bond donors (Lipinski definition) is 1. The summed E-state index contributed by atoms with van der Waals surface area (Å²) in [6, 6.07) is 4.96. The lowest BCUT2D eigenvalue weighted by molar-refractivity contribution is -0.136. The Morgan fingerprint density at radius 1 is 1.17 bits per heavy atom. The van der Waals surface area contributed by atoms with Crippen LogP contribution >= 0.6 is 0 Å². The molecule has 124 valence electrons. The fourth-order valence-electron chi connectivity index (χ4n) is 2.45. The van der Waals surface area contributed by atoms with E-state index in [4.69, 9.17) is 0 Å². The molecular formula is C16H13F3N4O. The molecule has 1 N–H and O–H groups in total. The number of fused-ring (bicyclic) bond motifs is 1. The van der Waals surface area contributed by atoms with Crippen LogP contribution in [0.5, 0.6) is 0 Å². The summed E-state index contributed by atoms with van der Waals surface area (Å²) in [6.07, 6.45) is 0.0232. The molecule has 0 bridgehead atoms. The average molecular weight is 334 g/mol. The first-order valence-electron chi connectivity index (χ1n) is 7.07. The van der Waals surface area contributed by atoms with Crippen molar-refractivity contribution in [2.24, 2.45) is 7.05 Å². The van der Waals surface area contributed by atoms with Crippen LogP contribution in [-0.4, -0.2) is 20.4 Å². The fourth-order valence-corrected chi connectivity index (χ4v) is 2.45. The Balaban J connectivity index is 1.95. The molecule has 24 heavy (non-hydrogen) atoms. The van der Waals surface area contributed by atoms with Crippen LogP contribution in [0.3, 0.4) is 0 Å². The minimum Gasteiger partial charge on any atom is -0.343 e. The van der Waals surface area contributed by atoms with Crippen LogP contribution < -0.4 is 5.32 Å². The predicted molar refractivity (Wildman–Crippen MR) is 81.1 cm³/mol. The number of nitrogens with one attached hydrogen (secondary N) is 1. The Labute approximate surface area is 135 Å². The maximum atomic E-state index is 13.1. The highest BCUT2D eigenvalue weighted by atomic mass is 19.4. The SMILES string of the molecule is Cn1ccnc1CNC(=O)c1nccc2c(C(F)(F)F)cccc12. The Morgan fingerprint density at radius 2 is 1.96 bits per heavy atom. The number of carbonyl (C=O) groups excluding carboxylic acids is 1. The molecule has 0 saturated carbocycles. The quantitative estimate of drug-likeness (QED) is 0.801. The van der Waals surface area contributed by atoms with Gasteiger partial charge in [-0.2, -0.15) is 13.2 Å². The predicted octanol–water partition coefficient (Wildman–Crippen LogP) is 2.92. The average Bonchev–Trinajstić information content (AvgIpc) is 2.95. The van der Waals surface area contributed by atoms with Crippen molar-refractivity contribution in [3.8, 4) is 0 Å². The third-order valence-electron chi connectivity index (χ3n) is 3.65. The molecule has 8 heteroatoms. The van der Waals surface area contributed by atoms with Crippen LogP contribution in [-0.2, 0) is 19.8 Å². The second kappa shape index (κ2) is 5.95. The smallest absolute Gasteiger partial charge is 0.343 e. The van der Waals surface area contributed by atoms with E-state index in [1.807, 2.05) is 0 Å². The number of amides is 1. The van der Waals surface area contributed by atoms with E-state index < -0.39 is 17.6 Å². The van der Waals surface area contributed by atoms with E-state index >= 15 is 0 Å². The first-order valence-corrected chi connectivity index (χ1v) is 7.07. The molecule has 0 saturated heterocycles. The minimum absolute atomic E-state index is 0.0483. The lowest BCUT2D eigenvalue weighted by Gasteiger charge is -2.12. The molecule has 0 unspecified atom stereocenters. The summed E-state index contributed by atoms with van der Waals surface area (Å²) in [7, 11) is 1.78. The maximum Gasteiger partial charge on any atom is 0.417 e. The van der Waals surface area contributed by atoms with Crippen LogP contribution in [0.1, 0.15) is 21.9 Å². The van der Waals surface area contributed by atoms with E-state index in [9.17, 15) is 18.0 Å². The minimum atomic E-state index is -4.50. The van der Waals surface area contributed by atoms with Crippen molar-refractivity contribution in [2.75, 3.05) is 0 Å². The van der Waals surface area contributed by atoms with E-state index in [0.29, 0.717) is 5.82 Å². The summed E-state index contributed by atoms with van der Waals surface area (Å²) >= 11 is 0. The van der Waals surface area contributed by atoms with E-state index in [1.165, 1.54) is 24.4 Å². The number of hydrogen-bond acceptors (Lipinski definition) is 3. The monoisotopic (exact) mass is 334 g/mol. The Hall–Kier alpha value is -2.90. The van der Waals surface area contributed by atoms with E-state index in [2.05, 4.69) is 15.3 Å². The normalized spacial score (nSPS) is 11.7. The van der Waals surface area contributed by atoms with Gasteiger partial charge in [0.15, 0.2) is 0 Å². The summed E-state index contributed by atoms with van der Waals surface area (Å²) in [5.41, 5.74) is -0.839. The van der Waals surface area contributed by atoms with Gasteiger partial charge in [0.25, 0.3) is 5.91 Å². The summed E-state index contributed by atoms with van der Waals surface area (Å²) in [6.45, 7) is 0.152. The molecule has 0 aliphatic rings. The van der Waals surface area contributed by atoms with Gasteiger partial charge in [-0.15, -0.1) is 0 Å². The van der Waals surface area contributed by atoms with Crippen molar-refractivity contribution in [1.82, 2.24) is 19.9 Å². The van der Waals surface area contributed by atoms with Gasteiger partial charge in [-0.3, -0.25) is 9.78 Å². The highest BCUT2D eigenvalue weighted by Gasteiger charge is 2.32. The summed E-state index contributed by atoms with van der Waals surface area (Å²) in [5.74, 6) is 0.0718. The molecule has 0 fully saturated rings. The highest BCUT2D eigenvalue weighted by Crippen LogP contribution is 2.35. The molecule has 0 spiro atoms. The van der Waals surface area contributed by atoms with Gasteiger partial charge in [-0.1, -0.05) is 12.1 Å². The number of alkyl halides is 3. The lowest BCUT2D eigenvalue weighted by Crippen LogP contribution is -2.25. The highest BCUT2D eigenvalue weighted by molar-refractivity contribution is 6.05. The van der Waals surface area contributed by atoms with Gasteiger partial charge in [-0.05, 0) is 17.5 Å². The van der Waals surface area contributed by atoms with Crippen molar-refractivity contribution in [3.63, 3.8) is 0 Å². The lowest BCUT2D eigenvalue weighted by atomic mass is 10.0. The molecule has 0 aliphatic heterocycles. The van der Waals surface area contributed by atoms with Crippen molar-refractivity contribution in [3.05, 3.63) is 59.9 Å². The number of aryl methyl sites for hydroxylation is 1. The molecule has 0 radical (unpaired) electrons. The van der Waals surface area contributed by atoms with Crippen molar-refractivity contribution in [1.29, 1.82) is 0 Å². The van der Waals surface area contributed by atoms with Gasteiger partial charge < -0.3 is 9.88 Å². The van der Waals surface area contributed by atoms with Crippen LogP contribution in [0.4, 0.5) is 13.2 Å². The Morgan fingerprint density at radius 3 is 2.62 bits per heavy atom. The zero-order chi connectivity index (χ0) is 17.3. The van der Waals surface area contributed by atoms with Gasteiger partial charge >= 0.3 is 6.18 Å². The Kier molecular flexibility index (Phi) is 3.96. The third kappa shape index (κ3) is 2.94. The first kappa shape index (κ1) is 16.0. The number of pyridine rings is 1. The molecule has 1 aromatic carbocycles. The largest absolute Gasteiger partial charge is 0.417 e. The van der Waals surface area contributed by atoms with Crippen molar-refractivity contribution >= 4 is 16.7 Å². The standard InChI is InChI=1S/C16H13F3N4O/c1-23-8-7-20-13(23)9-22-15(24)14-11-3-2-4-12(16(17,18)19)10(11)5-6-21-14/h2-8H,9H2,1H3,(H,22,24). The zero-order valence-corrected chi connectivity index (χ0v) is 12.6. The van der Waals surface area contributed by atoms with Gasteiger partial charge in [0.05, 0.1) is 12.1 Å². The Bertz CT molecular complexity index is 902. The molecule has 1 amide bonds. The fraction of sp³-hybridized carbons (Fsp3) is 0.188. The van der Waals surface area contributed by atoms with Crippen LogP contribution in [0.25, 0.3) is 10.8 Å². The molecule has 5 nitrogen and oxygen atoms in total. The molecule has 0 aliphatic carbocycles. The van der Waals surface area contributed by atoms with Gasteiger partial charge in [0.1, 0.15) is 11.5 Å². The van der Waals surface area contributed by atoms with Crippen LogP contribution in [0.15, 0.2) is 42.9 Å². The topological polar surface area (TPSA) is 59.8 Å². The molecule has 2 aromatic heterocycles. The second-order valence-corrected chi connectivity index (χ2v) is 5.20.